The number of hydrogen-bond donors (Lipinski definition) is 2. The third-order valence-corrected chi connectivity index (χ3v) is 7.68. The maximum atomic E-state index is 13.2. The summed E-state index contributed by atoms with van der Waals surface area (Å²) in [4.78, 5) is 39.3. The maximum Gasteiger partial charge on any atom is 0.418 e. The maximum absolute atomic E-state index is 13.2. The molecule has 1 heterocycles. The van der Waals surface area contributed by atoms with Crippen molar-refractivity contribution in [2.75, 3.05) is 17.2 Å². The van der Waals surface area contributed by atoms with Crippen LogP contribution in [0.15, 0.2) is 48.5 Å². The molecule has 7 nitrogen and oxygen atoms in total. The van der Waals surface area contributed by atoms with Crippen molar-refractivity contribution in [3.63, 3.8) is 0 Å². The van der Waals surface area contributed by atoms with Gasteiger partial charge in [0.15, 0.2) is 6.10 Å². The van der Waals surface area contributed by atoms with Gasteiger partial charge in [0.1, 0.15) is 10.8 Å². The van der Waals surface area contributed by atoms with Gasteiger partial charge in [-0.3, -0.25) is 9.59 Å². The van der Waals surface area contributed by atoms with Gasteiger partial charge in [-0.25, -0.2) is 4.79 Å². The van der Waals surface area contributed by atoms with Crippen LogP contribution in [0.2, 0.25) is 0 Å². The molecule has 2 N–H and O–H groups in total. The molecule has 212 valence electrons. The van der Waals surface area contributed by atoms with E-state index in [1.54, 1.807) is 6.92 Å². The van der Waals surface area contributed by atoms with E-state index < -0.39 is 35.6 Å². The molecule has 1 aliphatic rings. The predicted octanol–water partition coefficient (Wildman–Crippen LogP) is 6.73. The van der Waals surface area contributed by atoms with Gasteiger partial charge in [0.2, 0.25) is 0 Å². The number of thiophene rings is 1. The van der Waals surface area contributed by atoms with Crippen LogP contribution in [-0.4, -0.2) is 30.5 Å². The third kappa shape index (κ3) is 6.64. The van der Waals surface area contributed by atoms with Gasteiger partial charge in [-0.05, 0) is 81.0 Å². The number of anilines is 2. The predicted molar refractivity (Wildman–Crippen MR) is 146 cm³/mol. The van der Waals surface area contributed by atoms with Gasteiger partial charge in [0, 0.05) is 10.4 Å². The van der Waals surface area contributed by atoms with Crippen molar-refractivity contribution >= 4 is 39.8 Å². The normalized spacial score (nSPS) is 15.5. The number of benzene rings is 2. The Bertz CT molecular complexity index is 1400. The van der Waals surface area contributed by atoms with Gasteiger partial charge in [0.25, 0.3) is 11.8 Å². The first kappa shape index (κ1) is 29.1. The van der Waals surface area contributed by atoms with E-state index in [0.717, 1.165) is 35.8 Å². The highest BCUT2D eigenvalue weighted by Gasteiger charge is 2.34. The van der Waals surface area contributed by atoms with Crippen molar-refractivity contribution in [3.05, 3.63) is 75.7 Å². The van der Waals surface area contributed by atoms with Crippen molar-refractivity contribution in [1.29, 1.82) is 0 Å². The number of nitrogens with one attached hydrogen (secondary N) is 2. The smallest absolute Gasteiger partial charge is 0.418 e. The van der Waals surface area contributed by atoms with Crippen LogP contribution in [0.25, 0.3) is 0 Å². The number of amides is 2. The zero-order chi connectivity index (χ0) is 29.0. The zero-order valence-corrected chi connectivity index (χ0v) is 23.0. The quantitative estimate of drug-likeness (QED) is 0.291. The number of halogens is 3. The highest BCUT2D eigenvalue weighted by molar-refractivity contribution is 7.17. The topological polar surface area (TPSA) is 93.7 Å². The lowest BCUT2D eigenvalue weighted by Crippen LogP contribution is -2.31. The van der Waals surface area contributed by atoms with E-state index in [0.29, 0.717) is 16.5 Å². The molecule has 0 saturated carbocycles. The van der Waals surface area contributed by atoms with Crippen molar-refractivity contribution in [1.82, 2.24) is 0 Å². The number of carbonyl (C=O) groups is 3. The Morgan fingerprint density at radius 3 is 2.45 bits per heavy atom. The zero-order valence-electron chi connectivity index (χ0n) is 22.2. The number of carbonyl (C=O) groups excluding carboxylic acids is 3. The largest absolute Gasteiger partial charge is 0.481 e. The number of fused-ring (bicyclic) bond motifs is 1. The summed E-state index contributed by atoms with van der Waals surface area (Å²) in [5.74, 6) is -0.921. The average molecular weight is 575 g/mol. The Morgan fingerprint density at radius 1 is 1.07 bits per heavy atom. The van der Waals surface area contributed by atoms with E-state index in [1.807, 2.05) is 0 Å². The van der Waals surface area contributed by atoms with Crippen LogP contribution < -0.4 is 15.4 Å². The van der Waals surface area contributed by atoms with Gasteiger partial charge < -0.3 is 20.1 Å². The van der Waals surface area contributed by atoms with Crippen molar-refractivity contribution in [2.24, 2.45) is 5.92 Å². The Hall–Kier alpha value is -3.86. The van der Waals surface area contributed by atoms with Crippen LogP contribution in [-0.2, 0) is 28.5 Å². The van der Waals surface area contributed by atoms with Gasteiger partial charge in [0.05, 0.1) is 23.4 Å². The molecule has 40 heavy (non-hydrogen) atoms. The molecule has 3 aromatic rings. The molecule has 1 aromatic heterocycles. The summed E-state index contributed by atoms with van der Waals surface area (Å²) in [6.07, 6.45) is -3.20. The highest BCUT2D eigenvalue weighted by atomic mass is 32.1. The summed E-state index contributed by atoms with van der Waals surface area (Å²) in [5.41, 5.74) is 0.310. The van der Waals surface area contributed by atoms with Crippen LogP contribution in [0.1, 0.15) is 63.9 Å². The molecule has 2 atom stereocenters. The summed E-state index contributed by atoms with van der Waals surface area (Å²) in [5, 5.41) is 5.55. The number of alkyl halides is 3. The lowest BCUT2D eigenvalue weighted by Gasteiger charge is -2.18. The molecular formula is C29H29F3N2O5S. The van der Waals surface area contributed by atoms with E-state index in [-0.39, 0.29) is 23.6 Å². The molecule has 1 aliphatic carbocycles. The van der Waals surface area contributed by atoms with Crippen molar-refractivity contribution in [2.45, 2.75) is 52.3 Å². The fraction of sp³-hybridized carbons (Fsp3) is 0.345. The molecule has 2 aromatic carbocycles. The molecule has 0 bridgehead atoms. The Kier molecular flexibility index (Phi) is 8.82. The minimum atomic E-state index is -4.62. The number of hydrogen-bond acceptors (Lipinski definition) is 6. The van der Waals surface area contributed by atoms with E-state index in [2.05, 4.69) is 17.6 Å². The van der Waals surface area contributed by atoms with Crippen LogP contribution in [0.4, 0.5) is 23.9 Å². The second kappa shape index (κ2) is 12.1. The Balaban J connectivity index is 1.43. The standard InChI is InChI=1S/C29H29F3N2O5S/c1-4-38-28(37)24-20-14-9-16(2)15-23(20)40-27(24)34-26(36)18-10-12-19(13-11-18)39-17(3)25(35)33-22-8-6-5-7-21(22)29(30,31)32/h5-8,10-13,16-17H,4,9,14-15H2,1-3H3,(H,33,35)(H,34,36)/t16-,17+/m1/s1. The summed E-state index contributed by atoms with van der Waals surface area (Å²) >= 11 is 1.39. The molecule has 0 unspecified atom stereocenters. The van der Waals surface area contributed by atoms with E-state index in [1.165, 1.54) is 60.7 Å². The van der Waals surface area contributed by atoms with Crippen LogP contribution in [0.5, 0.6) is 5.75 Å². The summed E-state index contributed by atoms with van der Waals surface area (Å²) < 4.78 is 50.5. The first-order valence-electron chi connectivity index (χ1n) is 12.8. The molecular weight excluding hydrogens is 545 g/mol. The lowest BCUT2D eigenvalue weighted by molar-refractivity contribution is -0.137. The van der Waals surface area contributed by atoms with Gasteiger partial charge >= 0.3 is 12.1 Å². The Labute approximate surface area is 233 Å². The molecule has 4 rings (SSSR count). The van der Waals surface area contributed by atoms with Crippen LogP contribution >= 0.6 is 11.3 Å². The molecule has 2 amide bonds. The second-order valence-corrected chi connectivity index (χ2v) is 10.7. The fourth-order valence-electron chi connectivity index (χ4n) is 4.45. The molecule has 0 aliphatic heterocycles. The second-order valence-electron chi connectivity index (χ2n) is 9.55. The minimum Gasteiger partial charge on any atom is -0.481 e. The lowest BCUT2D eigenvalue weighted by atomic mass is 9.88. The summed E-state index contributed by atoms with van der Waals surface area (Å²) in [7, 11) is 0. The van der Waals surface area contributed by atoms with Gasteiger partial charge in [-0.1, -0.05) is 19.1 Å². The molecule has 11 heteroatoms. The van der Waals surface area contributed by atoms with E-state index >= 15 is 0 Å². The third-order valence-electron chi connectivity index (χ3n) is 6.51. The van der Waals surface area contributed by atoms with Gasteiger partial charge in [-0.15, -0.1) is 11.3 Å². The molecule has 0 fully saturated rings. The number of para-hydroxylation sites is 1. The van der Waals surface area contributed by atoms with Crippen molar-refractivity contribution < 1.29 is 37.0 Å². The molecule has 0 radical (unpaired) electrons. The van der Waals surface area contributed by atoms with E-state index in [9.17, 15) is 27.6 Å². The summed E-state index contributed by atoms with van der Waals surface area (Å²) in [6, 6.07) is 10.6. The monoisotopic (exact) mass is 574 g/mol. The number of esters is 1. The minimum absolute atomic E-state index is 0.222. The SMILES string of the molecule is CCOC(=O)c1c(NC(=O)c2ccc(O[C@@H](C)C(=O)Nc3ccccc3C(F)(F)F)cc2)sc2c1CC[C@@H](C)C2. The van der Waals surface area contributed by atoms with Crippen molar-refractivity contribution in [3.8, 4) is 5.75 Å². The molecule has 0 saturated heterocycles. The van der Waals surface area contributed by atoms with Crippen LogP contribution in [0.3, 0.4) is 0 Å². The van der Waals surface area contributed by atoms with E-state index in [4.69, 9.17) is 9.47 Å². The average Bonchev–Trinajstić information content (AvgIpc) is 3.25. The molecule has 0 spiro atoms. The van der Waals surface area contributed by atoms with Gasteiger partial charge in [-0.2, -0.15) is 13.2 Å². The fourth-order valence-corrected chi connectivity index (χ4v) is 5.84. The first-order valence-corrected chi connectivity index (χ1v) is 13.7. The highest BCUT2D eigenvalue weighted by Crippen LogP contribution is 2.40. The summed E-state index contributed by atoms with van der Waals surface area (Å²) in [6.45, 7) is 5.51. The number of rotatable bonds is 8. The number of ether oxygens (including phenoxy) is 2. The first-order chi connectivity index (χ1) is 19.0. The Morgan fingerprint density at radius 2 is 1.77 bits per heavy atom. The van der Waals surface area contributed by atoms with Crippen LogP contribution in [0, 0.1) is 5.92 Å².